The average Bonchev–Trinajstić information content (AvgIpc) is 3.33. The second-order valence-electron chi connectivity index (χ2n) is 8.87. The molecular formula is C25H28N7O2P. The Hall–Kier alpha value is -3.68. The van der Waals surface area contributed by atoms with Gasteiger partial charge >= 0.3 is 0 Å². The van der Waals surface area contributed by atoms with Crippen molar-refractivity contribution in [3.63, 3.8) is 0 Å². The number of carbonyl (C=O) groups excluding carboxylic acids is 1. The Morgan fingerprint density at radius 3 is 2.46 bits per heavy atom. The monoisotopic (exact) mass is 489 g/mol. The van der Waals surface area contributed by atoms with Gasteiger partial charge in [-0.1, -0.05) is 12.1 Å². The molecule has 4 N–H and O–H groups in total. The maximum atomic E-state index is 12.8. The molecule has 5 rings (SSSR count). The van der Waals surface area contributed by atoms with Crippen LogP contribution in [0.4, 0.5) is 23.1 Å². The van der Waals surface area contributed by atoms with E-state index >= 15 is 0 Å². The molecule has 2 aromatic carbocycles. The first-order valence-electron chi connectivity index (χ1n) is 11.5. The van der Waals surface area contributed by atoms with Gasteiger partial charge in [0.2, 0.25) is 5.95 Å². The number of nitrogens with zero attached hydrogens (tertiary/aromatic N) is 3. The molecule has 0 spiro atoms. The maximum Gasteiger partial charge on any atom is 0.253 e. The molecule has 0 saturated carbocycles. The van der Waals surface area contributed by atoms with Crippen LogP contribution in [0.15, 0.2) is 60.8 Å². The highest BCUT2D eigenvalue weighted by Gasteiger charge is 2.19. The summed E-state index contributed by atoms with van der Waals surface area (Å²) in [5.74, 6) is 1.04. The lowest BCUT2D eigenvalue weighted by atomic mass is 10.1. The summed E-state index contributed by atoms with van der Waals surface area (Å²) in [7, 11) is -2.49. The molecule has 0 unspecified atom stereocenters. The van der Waals surface area contributed by atoms with Crippen molar-refractivity contribution < 1.29 is 9.36 Å². The fourth-order valence-corrected chi connectivity index (χ4v) is 5.30. The summed E-state index contributed by atoms with van der Waals surface area (Å²) in [5.41, 5.74) is 2.85. The highest BCUT2D eigenvalue weighted by molar-refractivity contribution is 7.70. The van der Waals surface area contributed by atoms with Crippen molar-refractivity contribution in [3.05, 3.63) is 66.4 Å². The van der Waals surface area contributed by atoms with Gasteiger partial charge in [0.05, 0.1) is 11.1 Å². The van der Waals surface area contributed by atoms with Gasteiger partial charge in [-0.15, -0.1) is 0 Å². The third-order valence-corrected chi connectivity index (χ3v) is 7.50. The third kappa shape index (κ3) is 5.06. The van der Waals surface area contributed by atoms with E-state index in [9.17, 15) is 9.36 Å². The van der Waals surface area contributed by atoms with Gasteiger partial charge in [-0.3, -0.25) is 4.79 Å². The Balaban J connectivity index is 1.40. The summed E-state index contributed by atoms with van der Waals surface area (Å²) in [6.45, 7) is 6.57. The maximum absolute atomic E-state index is 12.8. The van der Waals surface area contributed by atoms with Crippen LogP contribution in [-0.4, -0.2) is 65.3 Å². The molecule has 1 amide bonds. The highest BCUT2D eigenvalue weighted by Crippen LogP contribution is 2.38. The quantitative estimate of drug-likeness (QED) is 0.305. The molecule has 10 heteroatoms. The zero-order valence-corrected chi connectivity index (χ0v) is 20.6. The molecule has 4 aromatic rings. The minimum atomic E-state index is -2.49. The minimum absolute atomic E-state index is 0.0383. The van der Waals surface area contributed by atoms with E-state index in [0.29, 0.717) is 36.1 Å². The number of H-pyrrole nitrogens is 1. The normalized spacial score (nSPS) is 14.2. The Labute approximate surface area is 203 Å². The molecule has 1 aliphatic heterocycles. The Bertz CT molecular complexity index is 1410. The van der Waals surface area contributed by atoms with Crippen molar-refractivity contribution in [1.29, 1.82) is 0 Å². The number of fused-ring (bicyclic) bond motifs is 1. The first-order valence-corrected chi connectivity index (χ1v) is 14.1. The Kier molecular flexibility index (Phi) is 6.28. The largest absolute Gasteiger partial charge is 0.346 e. The average molecular weight is 490 g/mol. The fourth-order valence-electron chi connectivity index (χ4n) is 4.14. The molecule has 0 bridgehead atoms. The van der Waals surface area contributed by atoms with Crippen molar-refractivity contribution in [1.82, 2.24) is 25.2 Å². The van der Waals surface area contributed by atoms with Crippen molar-refractivity contribution in [2.24, 2.45) is 0 Å². The van der Waals surface area contributed by atoms with E-state index < -0.39 is 7.14 Å². The van der Waals surface area contributed by atoms with Gasteiger partial charge in [-0.05, 0) is 55.8 Å². The highest BCUT2D eigenvalue weighted by atomic mass is 31.2. The molecule has 1 aliphatic rings. The second kappa shape index (κ2) is 9.52. The molecular weight excluding hydrogens is 461 g/mol. The lowest BCUT2D eigenvalue weighted by molar-refractivity contribution is 0.0736. The van der Waals surface area contributed by atoms with Gasteiger partial charge in [-0.25, -0.2) is 0 Å². The SMILES string of the molecule is CP(C)(=O)c1ccccc1Nc1nc(Nc2ccc(C(=O)N3CCNCC3)cc2)nc2[nH]ccc12. The van der Waals surface area contributed by atoms with E-state index in [1.165, 1.54) is 0 Å². The zero-order chi connectivity index (χ0) is 24.4. The van der Waals surface area contributed by atoms with E-state index in [0.717, 1.165) is 35.2 Å². The van der Waals surface area contributed by atoms with Crippen LogP contribution < -0.4 is 21.3 Å². The number of aromatic amines is 1. The number of anilines is 4. The number of hydrogen-bond acceptors (Lipinski definition) is 7. The lowest BCUT2D eigenvalue weighted by Crippen LogP contribution is -2.46. The van der Waals surface area contributed by atoms with Gasteiger partial charge in [0.25, 0.3) is 5.91 Å². The predicted molar refractivity (Wildman–Crippen MR) is 141 cm³/mol. The van der Waals surface area contributed by atoms with Crippen LogP contribution in [0.5, 0.6) is 0 Å². The first kappa shape index (κ1) is 23.1. The predicted octanol–water partition coefficient (Wildman–Crippen LogP) is 3.74. The van der Waals surface area contributed by atoms with Gasteiger partial charge < -0.3 is 30.4 Å². The molecule has 180 valence electrons. The summed E-state index contributed by atoms with van der Waals surface area (Å²) in [4.78, 5) is 27.0. The lowest BCUT2D eigenvalue weighted by Gasteiger charge is -2.27. The number of carbonyl (C=O) groups is 1. The summed E-state index contributed by atoms with van der Waals surface area (Å²) in [6, 6.07) is 16.8. The molecule has 35 heavy (non-hydrogen) atoms. The van der Waals surface area contributed by atoms with E-state index in [1.807, 2.05) is 59.5 Å². The van der Waals surface area contributed by atoms with Gasteiger partial charge in [0, 0.05) is 48.9 Å². The third-order valence-electron chi connectivity index (χ3n) is 5.95. The van der Waals surface area contributed by atoms with Crippen LogP contribution in [0.25, 0.3) is 11.0 Å². The molecule has 0 atom stereocenters. The van der Waals surface area contributed by atoms with E-state index in [2.05, 4.69) is 25.9 Å². The standard InChI is InChI=1S/C25H28N7O2P/c1-35(2,34)21-6-4-3-5-20(21)29-23-19-11-12-27-22(19)30-25(31-23)28-18-9-7-17(8-10-18)24(33)32-15-13-26-14-16-32/h3-12,26H,13-16H2,1-2H3,(H3,27,28,29,30,31). The van der Waals surface area contributed by atoms with Crippen molar-refractivity contribution >= 4 is 52.5 Å². The van der Waals surface area contributed by atoms with E-state index in [-0.39, 0.29) is 5.91 Å². The van der Waals surface area contributed by atoms with Crippen LogP contribution in [-0.2, 0) is 4.57 Å². The van der Waals surface area contributed by atoms with Crippen molar-refractivity contribution in [2.75, 3.05) is 50.1 Å². The first-order chi connectivity index (χ1) is 16.9. The molecule has 0 radical (unpaired) electrons. The fraction of sp³-hybridized carbons (Fsp3) is 0.240. The summed E-state index contributed by atoms with van der Waals surface area (Å²) >= 11 is 0. The van der Waals surface area contributed by atoms with Gasteiger partial charge in [0.1, 0.15) is 18.6 Å². The summed E-state index contributed by atoms with van der Waals surface area (Å²) in [5, 5.41) is 11.4. The van der Waals surface area contributed by atoms with Crippen LogP contribution in [0.1, 0.15) is 10.4 Å². The summed E-state index contributed by atoms with van der Waals surface area (Å²) < 4.78 is 12.8. The molecule has 1 saturated heterocycles. The number of para-hydroxylation sites is 1. The number of benzene rings is 2. The van der Waals surface area contributed by atoms with Crippen molar-refractivity contribution in [2.45, 2.75) is 0 Å². The zero-order valence-electron chi connectivity index (χ0n) is 19.7. The van der Waals surface area contributed by atoms with Crippen LogP contribution in [0, 0.1) is 0 Å². The smallest absolute Gasteiger partial charge is 0.253 e. The number of piperazine rings is 1. The topological polar surface area (TPSA) is 115 Å². The number of amides is 1. The number of aromatic nitrogens is 3. The Morgan fingerprint density at radius 2 is 1.71 bits per heavy atom. The van der Waals surface area contributed by atoms with Crippen molar-refractivity contribution in [3.8, 4) is 0 Å². The number of nitrogens with one attached hydrogen (secondary N) is 4. The van der Waals surface area contributed by atoms with E-state index in [1.54, 1.807) is 19.5 Å². The van der Waals surface area contributed by atoms with Gasteiger partial charge in [0.15, 0.2) is 0 Å². The molecule has 2 aromatic heterocycles. The minimum Gasteiger partial charge on any atom is -0.346 e. The molecule has 3 heterocycles. The second-order valence-corrected chi connectivity index (χ2v) is 12.1. The van der Waals surface area contributed by atoms with Crippen LogP contribution in [0.3, 0.4) is 0 Å². The van der Waals surface area contributed by atoms with E-state index in [4.69, 9.17) is 4.98 Å². The number of rotatable bonds is 6. The summed E-state index contributed by atoms with van der Waals surface area (Å²) in [6.07, 6.45) is 1.81. The number of hydrogen-bond donors (Lipinski definition) is 4. The molecule has 0 aliphatic carbocycles. The molecule has 1 fully saturated rings. The van der Waals surface area contributed by atoms with Gasteiger partial charge in [-0.2, -0.15) is 9.97 Å². The Morgan fingerprint density at radius 1 is 0.971 bits per heavy atom. The molecule has 9 nitrogen and oxygen atoms in total. The van der Waals surface area contributed by atoms with Crippen LogP contribution >= 0.6 is 7.14 Å². The van der Waals surface area contributed by atoms with Crippen LogP contribution in [0.2, 0.25) is 0 Å².